The molecule has 2 atom stereocenters. The molecule has 106 valence electrons. The van der Waals surface area contributed by atoms with Gasteiger partial charge < -0.3 is 10.5 Å². The molecule has 19 heavy (non-hydrogen) atoms. The molecule has 2 unspecified atom stereocenters. The van der Waals surface area contributed by atoms with Crippen molar-refractivity contribution in [1.29, 1.82) is 0 Å². The monoisotopic (exact) mass is 299 g/mol. The molecule has 1 aromatic carbocycles. The minimum absolute atomic E-state index is 0.146. The molecular formula is C15H22ClNOS. The van der Waals surface area contributed by atoms with Crippen LogP contribution in [-0.2, 0) is 4.74 Å². The Morgan fingerprint density at radius 3 is 2.68 bits per heavy atom. The number of rotatable bonds is 5. The van der Waals surface area contributed by atoms with Crippen LogP contribution in [0.25, 0.3) is 0 Å². The van der Waals surface area contributed by atoms with Crippen LogP contribution >= 0.6 is 23.4 Å². The molecule has 1 aromatic rings. The van der Waals surface area contributed by atoms with E-state index in [4.69, 9.17) is 22.1 Å². The number of thioether (sulfide) groups is 1. The number of hydrogen-bond acceptors (Lipinski definition) is 3. The maximum atomic E-state index is 6.34. The minimum Gasteiger partial charge on any atom is -0.381 e. The highest BCUT2D eigenvalue weighted by molar-refractivity contribution is 8.00. The molecule has 1 saturated heterocycles. The van der Waals surface area contributed by atoms with Gasteiger partial charge in [-0.05, 0) is 30.9 Å². The molecule has 0 spiro atoms. The van der Waals surface area contributed by atoms with Gasteiger partial charge in [0.15, 0.2) is 0 Å². The van der Waals surface area contributed by atoms with Crippen LogP contribution < -0.4 is 5.73 Å². The standard InChI is InChI=1S/C15H22ClNOS/c1-2-14(17)15(12-5-3-4-6-13(12)16)19-11-7-9-18-10-8-11/h3-6,11,14-15H,2,7-10,17H2,1H3. The van der Waals surface area contributed by atoms with Crippen molar-refractivity contribution in [2.45, 2.75) is 42.7 Å². The molecule has 2 N–H and O–H groups in total. The Kier molecular flexibility index (Phi) is 6.02. The van der Waals surface area contributed by atoms with Gasteiger partial charge in [-0.1, -0.05) is 36.7 Å². The smallest absolute Gasteiger partial charge is 0.0476 e. The lowest BCUT2D eigenvalue weighted by atomic mass is 10.0. The zero-order valence-electron chi connectivity index (χ0n) is 11.3. The number of nitrogens with two attached hydrogens (primary N) is 1. The molecule has 2 nitrogen and oxygen atoms in total. The van der Waals surface area contributed by atoms with Crippen molar-refractivity contribution < 1.29 is 4.74 Å². The van der Waals surface area contributed by atoms with Crippen LogP contribution in [0.5, 0.6) is 0 Å². The van der Waals surface area contributed by atoms with Gasteiger partial charge in [0.2, 0.25) is 0 Å². The maximum Gasteiger partial charge on any atom is 0.0476 e. The van der Waals surface area contributed by atoms with Crippen LogP contribution in [0, 0.1) is 0 Å². The number of hydrogen-bond donors (Lipinski definition) is 1. The van der Waals surface area contributed by atoms with Crippen LogP contribution in [0.3, 0.4) is 0 Å². The summed E-state index contributed by atoms with van der Waals surface area (Å²) in [5.74, 6) is 0. The number of ether oxygens (including phenoxy) is 1. The maximum absolute atomic E-state index is 6.34. The third kappa shape index (κ3) is 4.12. The summed E-state index contributed by atoms with van der Waals surface area (Å²) in [5.41, 5.74) is 7.50. The van der Waals surface area contributed by atoms with Gasteiger partial charge in [-0.3, -0.25) is 0 Å². The van der Waals surface area contributed by atoms with E-state index in [9.17, 15) is 0 Å². The van der Waals surface area contributed by atoms with Crippen LogP contribution in [-0.4, -0.2) is 24.5 Å². The molecule has 0 aromatic heterocycles. The summed E-state index contributed by atoms with van der Waals surface area (Å²) in [5, 5.41) is 1.74. The summed E-state index contributed by atoms with van der Waals surface area (Å²) in [7, 11) is 0. The van der Waals surface area contributed by atoms with Gasteiger partial charge in [0, 0.05) is 34.8 Å². The predicted octanol–water partition coefficient (Wildman–Crippen LogP) is 4.03. The summed E-state index contributed by atoms with van der Waals surface area (Å²) >= 11 is 8.32. The first kappa shape index (κ1) is 15.2. The quantitative estimate of drug-likeness (QED) is 0.891. The zero-order valence-corrected chi connectivity index (χ0v) is 12.9. The van der Waals surface area contributed by atoms with Crippen LogP contribution in [0.4, 0.5) is 0 Å². The Morgan fingerprint density at radius 2 is 2.05 bits per heavy atom. The SMILES string of the molecule is CCC(N)C(SC1CCOCC1)c1ccccc1Cl. The third-order valence-corrected chi connectivity index (χ3v) is 5.68. The van der Waals surface area contributed by atoms with E-state index in [1.54, 1.807) is 0 Å². The highest BCUT2D eigenvalue weighted by Crippen LogP contribution is 2.41. The van der Waals surface area contributed by atoms with E-state index in [2.05, 4.69) is 13.0 Å². The summed E-state index contributed by atoms with van der Waals surface area (Å²) < 4.78 is 5.43. The summed E-state index contributed by atoms with van der Waals surface area (Å²) in [6.07, 6.45) is 3.19. The molecule has 0 saturated carbocycles. The van der Waals surface area contributed by atoms with Crippen molar-refractivity contribution in [3.05, 3.63) is 34.9 Å². The molecule has 0 aliphatic carbocycles. The van der Waals surface area contributed by atoms with Gasteiger partial charge in [0.25, 0.3) is 0 Å². The fraction of sp³-hybridized carbons (Fsp3) is 0.600. The molecule has 1 aliphatic heterocycles. The molecule has 1 aliphatic rings. The minimum atomic E-state index is 0.146. The summed E-state index contributed by atoms with van der Waals surface area (Å²) in [4.78, 5) is 0. The van der Waals surface area contributed by atoms with E-state index < -0.39 is 0 Å². The van der Waals surface area contributed by atoms with Crippen molar-refractivity contribution in [3.8, 4) is 0 Å². The Balaban J connectivity index is 2.13. The van der Waals surface area contributed by atoms with Gasteiger partial charge in [-0.25, -0.2) is 0 Å². The van der Waals surface area contributed by atoms with Crippen LogP contribution in [0.2, 0.25) is 5.02 Å². The topological polar surface area (TPSA) is 35.2 Å². The molecule has 4 heteroatoms. The van der Waals surface area contributed by atoms with E-state index >= 15 is 0 Å². The van der Waals surface area contributed by atoms with Crippen molar-refractivity contribution >= 4 is 23.4 Å². The van der Waals surface area contributed by atoms with Crippen molar-refractivity contribution in [2.24, 2.45) is 5.73 Å². The summed E-state index contributed by atoms with van der Waals surface area (Å²) in [6, 6.07) is 8.22. The van der Waals surface area contributed by atoms with Crippen molar-refractivity contribution in [1.82, 2.24) is 0 Å². The molecule has 0 amide bonds. The second kappa shape index (κ2) is 7.53. The molecule has 1 fully saturated rings. The average molecular weight is 300 g/mol. The highest BCUT2D eigenvalue weighted by atomic mass is 35.5. The van der Waals surface area contributed by atoms with Crippen molar-refractivity contribution in [2.75, 3.05) is 13.2 Å². The van der Waals surface area contributed by atoms with E-state index in [0.29, 0.717) is 5.25 Å². The Bertz CT molecular complexity index is 395. The zero-order chi connectivity index (χ0) is 13.7. The lowest BCUT2D eigenvalue weighted by Gasteiger charge is -2.30. The second-order valence-corrected chi connectivity index (χ2v) is 6.82. The average Bonchev–Trinajstić information content (AvgIpc) is 2.46. The summed E-state index contributed by atoms with van der Waals surface area (Å²) in [6.45, 7) is 3.88. The predicted molar refractivity (Wildman–Crippen MR) is 83.9 cm³/mol. The first-order valence-corrected chi connectivity index (χ1v) is 8.27. The molecule has 0 radical (unpaired) electrons. The number of halogens is 1. The molecule has 1 heterocycles. The van der Waals surface area contributed by atoms with E-state index in [0.717, 1.165) is 37.5 Å². The third-order valence-electron chi connectivity index (χ3n) is 3.58. The van der Waals surface area contributed by atoms with Crippen LogP contribution in [0.15, 0.2) is 24.3 Å². The number of benzene rings is 1. The fourth-order valence-corrected chi connectivity index (χ4v) is 4.29. The van der Waals surface area contributed by atoms with Gasteiger partial charge in [-0.2, -0.15) is 0 Å². The fourth-order valence-electron chi connectivity index (χ4n) is 2.34. The van der Waals surface area contributed by atoms with Gasteiger partial charge in [0.05, 0.1) is 0 Å². The Hall–Kier alpha value is -0.220. The van der Waals surface area contributed by atoms with Gasteiger partial charge >= 0.3 is 0 Å². The van der Waals surface area contributed by atoms with E-state index in [1.807, 2.05) is 30.0 Å². The Morgan fingerprint density at radius 1 is 1.37 bits per heavy atom. The lowest BCUT2D eigenvalue weighted by molar-refractivity contribution is 0.0999. The van der Waals surface area contributed by atoms with Gasteiger partial charge in [0.1, 0.15) is 0 Å². The van der Waals surface area contributed by atoms with Gasteiger partial charge in [-0.15, -0.1) is 11.8 Å². The normalized spacial score (nSPS) is 20.2. The largest absolute Gasteiger partial charge is 0.381 e. The lowest BCUT2D eigenvalue weighted by Crippen LogP contribution is -2.29. The van der Waals surface area contributed by atoms with Crippen molar-refractivity contribution in [3.63, 3.8) is 0 Å². The molecular weight excluding hydrogens is 278 g/mol. The van der Waals surface area contributed by atoms with Crippen LogP contribution in [0.1, 0.15) is 37.0 Å². The molecule has 0 bridgehead atoms. The first-order chi connectivity index (χ1) is 9.22. The molecule has 2 rings (SSSR count). The van der Waals surface area contributed by atoms with E-state index in [-0.39, 0.29) is 11.3 Å². The Labute approximate surface area is 125 Å². The highest BCUT2D eigenvalue weighted by Gasteiger charge is 2.26. The first-order valence-electron chi connectivity index (χ1n) is 6.95. The van der Waals surface area contributed by atoms with E-state index in [1.165, 1.54) is 5.56 Å². The second-order valence-electron chi connectivity index (χ2n) is 4.96.